The summed E-state index contributed by atoms with van der Waals surface area (Å²) in [6, 6.07) is 1.43. The predicted molar refractivity (Wildman–Crippen MR) is 57.3 cm³/mol. The molecule has 0 radical (unpaired) electrons. The molecule has 17 heavy (non-hydrogen) atoms. The van der Waals surface area contributed by atoms with Crippen molar-refractivity contribution >= 4 is 29.3 Å². The third-order valence-electron chi connectivity index (χ3n) is 1.61. The van der Waals surface area contributed by atoms with Crippen LogP contribution >= 0.6 is 11.3 Å². The summed E-state index contributed by atoms with van der Waals surface area (Å²) < 4.78 is 9.16. The molecule has 0 saturated heterocycles. The van der Waals surface area contributed by atoms with Gasteiger partial charge in [0.1, 0.15) is 5.75 Å². The third-order valence-corrected chi connectivity index (χ3v) is 2.49. The number of hydrogen-bond acceptors (Lipinski definition) is 6. The lowest BCUT2D eigenvalue weighted by atomic mass is 10.4. The Morgan fingerprint density at radius 2 is 2.18 bits per heavy atom. The van der Waals surface area contributed by atoms with Crippen LogP contribution in [-0.4, -0.2) is 36.8 Å². The highest BCUT2D eigenvalue weighted by molar-refractivity contribution is 7.12. The standard InChI is InChI=1S/C9H9NO6S/c1-15-9(14)10-6(11)4-16-5-2-3-17-7(5)8(12)13/h2-3H,4H2,1H3,(H,12,13)(H,10,11,14). The number of methoxy groups -OCH3 is 1. The number of hydrogen-bond donors (Lipinski definition) is 2. The lowest BCUT2D eigenvalue weighted by Crippen LogP contribution is -2.34. The third kappa shape index (κ3) is 3.76. The van der Waals surface area contributed by atoms with Crippen molar-refractivity contribution in [2.45, 2.75) is 0 Å². The minimum Gasteiger partial charge on any atom is -0.482 e. The number of carboxylic acids is 1. The summed E-state index contributed by atoms with van der Waals surface area (Å²) in [5.74, 6) is -1.77. The van der Waals surface area contributed by atoms with Gasteiger partial charge in [-0.25, -0.2) is 9.59 Å². The summed E-state index contributed by atoms with van der Waals surface area (Å²) in [6.45, 7) is -0.466. The first kappa shape index (κ1) is 13.0. The molecule has 0 saturated carbocycles. The van der Waals surface area contributed by atoms with Gasteiger partial charge in [-0.15, -0.1) is 11.3 Å². The van der Waals surface area contributed by atoms with E-state index in [1.807, 2.05) is 5.32 Å². The van der Waals surface area contributed by atoms with Gasteiger partial charge in [0.2, 0.25) is 0 Å². The van der Waals surface area contributed by atoms with E-state index in [9.17, 15) is 14.4 Å². The van der Waals surface area contributed by atoms with Gasteiger partial charge in [-0.1, -0.05) is 0 Å². The van der Waals surface area contributed by atoms with E-state index in [-0.39, 0.29) is 10.6 Å². The molecule has 0 aliphatic heterocycles. The van der Waals surface area contributed by atoms with Crippen LogP contribution in [0.4, 0.5) is 4.79 Å². The molecule has 0 fully saturated rings. The Kier molecular flexibility index (Phi) is 4.46. The Labute approximate surface area is 100.0 Å². The highest BCUT2D eigenvalue weighted by Crippen LogP contribution is 2.24. The van der Waals surface area contributed by atoms with Crippen molar-refractivity contribution in [3.63, 3.8) is 0 Å². The van der Waals surface area contributed by atoms with Crippen molar-refractivity contribution in [2.75, 3.05) is 13.7 Å². The van der Waals surface area contributed by atoms with Crippen molar-refractivity contribution in [1.29, 1.82) is 0 Å². The topological polar surface area (TPSA) is 102 Å². The number of carbonyl (C=O) groups is 3. The van der Waals surface area contributed by atoms with Crippen molar-refractivity contribution in [2.24, 2.45) is 0 Å². The van der Waals surface area contributed by atoms with E-state index in [2.05, 4.69) is 4.74 Å². The summed E-state index contributed by atoms with van der Waals surface area (Å²) in [6.07, 6.45) is -0.901. The van der Waals surface area contributed by atoms with E-state index in [1.54, 1.807) is 0 Å². The molecule has 2 amide bonds. The summed E-state index contributed by atoms with van der Waals surface area (Å²) in [7, 11) is 1.12. The summed E-state index contributed by atoms with van der Waals surface area (Å²) in [4.78, 5) is 32.5. The molecule has 0 spiro atoms. The number of imide groups is 1. The predicted octanol–water partition coefficient (Wildman–Crippen LogP) is 0.708. The largest absolute Gasteiger partial charge is 0.482 e. The highest BCUT2D eigenvalue weighted by atomic mass is 32.1. The second kappa shape index (κ2) is 5.85. The van der Waals surface area contributed by atoms with Gasteiger partial charge >= 0.3 is 12.1 Å². The van der Waals surface area contributed by atoms with E-state index in [0.29, 0.717) is 0 Å². The van der Waals surface area contributed by atoms with Gasteiger partial charge in [0.05, 0.1) is 7.11 Å². The molecule has 0 unspecified atom stereocenters. The molecule has 0 atom stereocenters. The minimum absolute atomic E-state index is 0.00383. The lowest BCUT2D eigenvalue weighted by Gasteiger charge is -2.05. The Morgan fingerprint density at radius 1 is 1.47 bits per heavy atom. The number of nitrogens with one attached hydrogen (secondary N) is 1. The van der Waals surface area contributed by atoms with Crippen LogP contribution in [0.2, 0.25) is 0 Å². The lowest BCUT2D eigenvalue weighted by molar-refractivity contribution is -0.122. The monoisotopic (exact) mass is 259 g/mol. The highest BCUT2D eigenvalue weighted by Gasteiger charge is 2.15. The molecule has 8 heteroatoms. The zero-order chi connectivity index (χ0) is 12.8. The molecule has 1 aromatic rings. The molecule has 0 aliphatic rings. The second-order valence-corrected chi connectivity index (χ2v) is 3.66. The van der Waals surface area contributed by atoms with Crippen molar-refractivity contribution in [3.8, 4) is 5.75 Å². The average molecular weight is 259 g/mol. The molecule has 2 N–H and O–H groups in total. The molecule has 1 rings (SSSR count). The van der Waals surface area contributed by atoms with E-state index in [1.165, 1.54) is 11.4 Å². The van der Waals surface area contributed by atoms with Crippen LogP contribution in [0.15, 0.2) is 11.4 Å². The number of amides is 2. The Bertz CT molecular complexity index is 440. The molecule has 92 valence electrons. The molecule has 0 aliphatic carbocycles. The van der Waals surface area contributed by atoms with Crippen LogP contribution in [-0.2, 0) is 9.53 Å². The number of ether oxygens (including phenoxy) is 2. The Balaban J connectivity index is 2.50. The molecular weight excluding hydrogens is 250 g/mol. The van der Waals surface area contributed by atoms with E-state index in [0.717, 1.165) is 18.4 Å². The van der Waals surface area contributed by atoms with Crippen LogP contribution in [0.5, 0.6) is 5.75 Å². The maximum absolute atomic E-state index is 11.1. The van der Waals surface area contributed by atoms with Gasteiger partial charge in [0, 0.05) is 0 Å². The van der Waals surface area contributed by atoms with Crippen LogP contribution in [0.3, 0.4) is 0 Å². The summed E-state index contributed by atoms with van der Waals surface area (Å²) in [5, 5.41) is 12.2. The number of alkyl carbamates (subject to hydrolysis) is 1. The number of aromatic carboxylic acids is 1. The molecule has 7 nitrogen and oxygen atoms in total. The maximum Gasteiger partial charge on any atom is 0.413 e. The van der Waals surface area contributed by atoms with Crippen LogP contribution < -0.4 is 10.1 Å². The molecular formula is C9H9NO6S. The van der Waals surface area contributed by atoms with Crippen LogP contribution in [0.25, 0.3) is 0 Å². The minimum atomic E-state index is -1.14. The first-order valence-corrected chi connectivity index (χ1v) is 5.24. The molecule has 0 aromatic carbocycles. The van der Waals surface area contributed by atoms with Crippen LogP contribution in [0, 0.1) is 0 Å². The number of thiophene rings is 1. The van der Waals surface area contributed by atoms with E-state index < -0.39 is 24.6 Å². The molecule has 1 heterocycles. The SMILES string of the molecule is COC(=O)NC(=O)COc1ccsc1C(=O)O. The van der Waals surface area contributed by atoms with E-state index >= 15 is 0 Å². The fourth-order valence-electron chi connectivity index (χ4n) is 0.911. The number of carboxylic acid groups (broad SMARTS) is 1. The van der Waals surface area contributed by atoms with Crippen molar-refractivity contribution in [3.05, 3.63) is 16.3 Å². The molecule has 1 aromatic heterocycles. The van der Waals surface area contributed by atoms with Crippen molar-refractivity contribution in [1.82, 2.24) is 5.32 Å². The number of carbonyl (C=O) groups excluding carboxylic acids is 2. The first-order chi connectivity index (χ1) is 8.04. The zero-order valence-electron chi connectivity index (χ0n) is 8.76. The van der Waals surface area contributed by atoms with Crippen LogP contribution in [0.1, 0.15) is 9.67 Å². The fourth-order valence-corrected chi connectivity index (χ4v) is 1.58. The Morgan fingerprint density at radius 3 is 2.76 bits per heavy atom. The van der Waals surface area contributed by atoms with Gasteiger partial charge in [-0.2, -0.15) is 0 Å². The van der Waals surface area contributed by atoms with Gasteiger partial charge in [0.25, 0.3) is 5.91 Å². The zero-order valence-corrected chi connectivity index (χ0v) is 9.58. The van der Waals surface area contributed by atoms with Crippen molar-refractivity contribution < 1.29 is 29.0 Å². The normalized spacial score (nSPS) is 9.47. The summed E-state index contributed by atoms with van der Waals surface area (Å²) >= 11 is 0.980. The number of rotatable bonds is 4. The van der Waals surface area contributed by atoms with Gasteiger partial charge < -0.3 is 14.6 Å². The fraction of sp³-hybridized carbons (Fsp3) is 0.222. The van der Waals surface area contributed by atoms with E-state index in [4.69, 9.17) is 9.84 Å². The second-order valence-electron chi connectivity index (χ2n) is 2.75. The van der Waals surface area contributed by atoms with Gasteiger partial charge in [-0.05, 0) is 11.4 Å². The molecule has 0 bridgehead atoms. The first-order valence-electron chi connectivity index (χ1n) is 4.36. The maximum atomic E-state index is 11.1. The Hall–Kier alpha value is -2.09. The average Bonchev–Trinajstić information content (AvgIpc) is 2.74. The smallest absolute Gasteiger partial charge is 0.413 e. The summed E-state index contributed by atoms with van der Waals surface area (Å²) in [5.41, 5.74) is 0. The van der Waals surface area contributed by atoms with Gasteiger partial charge in [0.15, 0.2) is 11.5 Å². The quantitative estimate of drug-likeness (QED) is 0.825. The van der Waals surface area contributed by atoms with Gasteiger partial charge in [-0.3, -0.25) is 10.1 Å².